The lowest BCUT2D eigenvalue weighted by Gasteiger charge is -2.24. The fraction of sp³-hybridized carbons (Fsp3) is 0.423. The summed E-state index contributed by atoms with van der Waals surface area (Å²) in [6, 6.07) is 15.1. The van der Waals surface area contributed by atoms with Gasteiger partial charge in [0, 0.05) is 25.9 Å². The predicted octanol–water partition coefficient (Wildman–Crippen LogP) is 4.41. The molecule has 2 N–H and O–H groups in total. The Morgan fingerprint density at radius 1 is 1.03 bits per heavy atom. The molecule has 0 aromatic heterocycles. The Balaban J connectivity index is 1.64. The van der Waals surface area contributed by atoms with Crippen molar-refractivity contribution < 1.29 is 24.2 Å². The number of hydrogen-bond acceptors (Lipinski definition) is 4. The third kappa shape index (κ3) is 6.12. The van der Waals surface area contributed by atoms with Crippen LogP contribution in [-0.2, 0) is 14.3 Å². The van der Waals surface area contributed by atoms with Crippen LogP contribution in [0.4, 0.5) is 4.79 Å². The van der Waals surface area contributed by atoms with E-state index in [-0.39, 0.29) is 31.3 Å². The van der Waals surface area contributed by atoms with Crippen LogP contribution in [0.25, 0.3) is 11.1 Å². The maximum absolute atomic E-state index is 12.8. The molecule has 2 aromatic rings. The molecule has 0 aliphatic heterocycles. The van der Waals surface area contributed by atoms with Crippen molar-refractivity contribution in [1.82, 2.24) is 10.2 Å². The van der Waals surface area contributed by atoms with Gasteiger partial charge in [0.1, 0.15) is 12.6 Å². The van der Waals surface area contributed by atoms with Crippen molar-refractivity contribution >= 4 is 18.0 Å². The van der Waals surface area contributed by atoms with Crippen LogP contribution < -0.4 is 5.32 Å². The van der Waals surface area contributed by atoms with Crippen molar-refractivity contribution in [2.45, 2.75) is 51.0 Å². The fourth-order valence-corrected chi connectivity index (χ4v) is 4.28. The highest BCUT2D eigenvalue weighted by Gasteiger charge is 2.30. The second-order valence-corrected chi connectivity index (χ2v) is 8.42. The average Bonchev–Trinajstić information content (AvgIpc) is 3.13. The van der Waals surface area contributed by atoms with Crippen molar-refractivity contribution in [3.8, 4) is 11.1 Å². The number of carbonyl (C=O) groups is 3. The minimum Gasteiger partial charge on any atom is -0.481 e. The van der Waals surface area contributed by atoms with E-state index < -0.39 is 18.1 Å². The molecule has 1 atom stereocenters. The van der Waals surface area contributed by atoms with E-state index >= 15 is 0 Å². The standard InChI is InChI=1S/C26H32N2O5/c1-3-4-9-16-28(2)25(31)23(14-15-24(29)30)27-26(32)33-17-22-20-12-7-5-10-18(20)19-11-6-8-13-21(19)22/h5-8,10-13,22-23H,3-4,9,14-17H2,1-2H3,(H,27,32)(H,29,30). The number of fused-ring (bicyclic) bond motifs is 3. The van der Waals surface area contributed by atoms with Gasteiger partial charge in [0.05, 0.1) is 0 Å². The van der Waals surface area contributed by atoms with E-state index in [2.05, 4.69) is 24.4 Å². The number of aliphatic carboxylic acids is 1. The third-order valence-corrected chi connectivity index (χ3v) is 6.05. The first-order valence-electron chi connectivity index (χ1n) is 11.5. The van der Waals surface area contributed by atoms with Gasteiger partial charge >= 0.3 is 12.1 Å². The number of hydrogen-bond donors (Lipinski definition) is 2. The van der Waals surface area contributed by atoms with E-state index in [9.17, 15) is 14.4 Å². The SMILES string of the molecule is CCCCCN(C)C(=O)C(CCC(=O)O)NC(=O)OCC1c2ccccc2-c2ccccc21. The lowest BCUT2D eigenvalue weighted by atomic mass is 9.98. The van der Waals surface area contributed by atoms with Crippen LogP contribution in [0.2, 0.25) is 0 Å². The molecule has 2 amide bonds. The molecule has 1 unspecified atom stereocenters. The molecular formula is C26H32N2O5. The summed E-state index contributed by atoms with van der Waals surface area (Å²) in [7, 11) is 1.67. The van der Waals surface area contributed by atoms with Crippen LogP contribution in [0.15, 0.2) is 48.5 Å². The van der Waals surface area contributed by atoms with Gasteiger partial charge < -0.3 is 20.1 Å². The largest absolute Gasteiger partial charge is 0.481 e. The molecule has 176 valence electrons. The number of alkyl carbamates (subject to hydrolysis) is 1. The highest BCUT2D eigenvalue weighted by Crippen LogP contribution is 2.44. The number of nitrogens with one attached hydrogen (secondary N) is 1. The zero-order valence-electron chi connectivity index (χ0n) is 19.3. The van der Waals surface area contributed by atoms with Gasteiger partial charge in [-0.1, -0.05) is 68.3 Å². The number of carboxylic acid groups (broad SMARTS) is 1. The molecule has 0 fully saturated rings. The summed E-state index contributed by atoms with van der Waals surface area (Å²) in [6.07, 6.45) is 1.96. The minimum absolute atomic E-state index is 0.0104. The van der Waals surface area contributed by atoms with E-state index in [4.69, 9.17) is 9.84 Å². The number of likely N-dealkylation sites (N-methyl/N-ethyl adjacent to an activating group) is 1. The lowest BCUT2D eigenvalue weighted by Crippen LogP contribution is -2.48. The number of unbranched alkanes of at least 4 members (excludes halogenated alkanes) is 2. The Labute approximate surface area is 194 Å². The predicted molar refractivity (Wildman–Crippen MR) is 126 cm³/mol. The number of carbonyl (C=O) groups excluding carboxylic acids is 2. The Morgan fingerprint density at radius 3 is 2.21 bits per heavy atom. The molecule has 1 aliphatic carbocycles. The summed E-state index contributed by atoms with van der Waals surface area (Å²) >= 11 is 0. The van der Waals surface area contributed by atoms with Gasteiger partial charge in [0.25, 0.3) is 0 Å². The van der Waals surface area contributed by atoms with Crippen LogP contribution in [-0.4, -0.2) is 54.2 Å². The van der Waals surface area contributed by atoms with Crippen molar-refractivity contribution in [3.05, 3.63) is 59.7 Å². The second-order valence-electron chi connectivity index (χ2n) is 8.42. The average molecular weight is 453 g/mol. The zero-order chi connectivity index (χ0) is 23.8. The molecule has 0 bridgehead atoms. The summed E-state index contributed by atoms with van der Waals surface area (Å²) in [6.45, 7) is 2.77. The molecule has 0 spiro atoms. The first-order valence-corrected chi connectivity index (χ1v) is 11.5. The number of amides is 2. The van der Waals surface area contributed by atoms with E-state index in [0.717, 1.165) is 41.5 Å². The lowest BCUT2D eigenvalue weighted by molar-refractivity contribution is -0.137. The molecule has 3 rings (SSSR count). The van der Waals surface area contributed by atoms with Crippen molar-refractivity contribution in [1.29, 1.82) is 0 Å². The van der Waals surface area contributed by atoms with E-state index in [1.165, 1.54) is 0 Å². The first kappa shape index (κ1) is 24.3. The normalized spacial score (nSPS) is 13.0. The molecule has 0 saturated heterocycles. The summed E-state index contributed by atoms with van der Waals surface area (Å²) in [5.41, 5.74) is 4.46. The highest BCUT2D eigenvalue weighted by molar-refractivity contribution is 5.86. The molecule has 7 nitrogen and oxygen atoms in total. The Bertz CT molecular complexity index is 945. The van der Waals surface area contributed by atoms with Gasteiger partial charge in [0.2, 0.25) is 5.91 Å². The number of benzene rings is 2. The van der Waals surface area contributed by atoms with Crippen LogP contribution in [0.5, 0.6) is 0 Å². The van der Waals surface area contributed by atoms with Crippen LogP contribution in [0, 0.1) is 0 Å². The van der Waals surface area contributed by atoms with Gasteiger partial charge in [-0.25, -0.2) is 4.79 Å². The van der Waals surface area contributed by atoms with Gasteiger partial charge in [-0.15, -0.1) is 0 Å². The molecular weight excluding hydrogens is 420 g/mol. The van der Waals surface area contributed by atoms with Crippen LogP contribution in [0.3, 0.4) is 0 Å². The number of carboxylic acids is 1. The second kappa shape index (κ2) is 11.5. The topological polar surface area (TPSA) is 95.9 Å². The van der Waals surface area contributed by atoms with Crippen LogP contribution >= 0.6 is 0 Å². The monoisotopic (exact) mass is 452 g/mol. The van der Waals surface area contributed by atoms with Gasteiger partial charge in [-0.05, 0) is 35.1 Å². The maximum Gasteiger partial charge on any atom is 0.407 e. The first-order chi connectivity index (χ1) is 15.9. The molecule has 0 radical (unpaired) electrons. The van der Waals surface area contributed by atoms with Crippen molar-refractivity contribution in [3.63, 3.8) is 0 Å². The minimum atomic E-state index is -1.02. The molecule has 0 heterocycles. The van der Waals surface area contributed by atoms with E-state index in [1.54, 1.807) is 11.9 Å². The third-order valence-electron chi connectivity index (χ3n) is 6.05. The Kier molecular flexibility index (Phi) is 8.46. The maximum atomic E-state index is 12.8. The zero-order valence-corrected chi connectivity index (χ0v) is 19.3. The quantitative estimate of drug-likeness (QED) is 0.493. The summed E-state index contributed by atoms with van der Waals surface area (Å²) in [5.74, 6) is -1.41. The van der Waals surface area contributed by atoms with Crippen LogP contribution in [0.1, 0.15) is 56.1 Å². The summed E-state index contributed by atoms with van der Waals surface area (Å²) in [5, 5.41) is 11.7. The fourth-order valence-electron chi connectivity index (χ4n) is 4.28. The molecule has 7 heteroatoms. The highest BCUT2D eigenvalue weighted by atomic mass is 16.5. The number of rotatable bonds is 11. The molecule has 0 saturated carbocycles. The van der Waals surface area contributed by atoms with Gasteiger partial charge in [-0.3, -0.25) is 9.59 Å². The number of nitrogens with zero attached hydrogens (tertiary/aromatic N) is 1. The summed E-state index contributed by atoms with van der Waals surface area (Å²) < 4.78 is 5.54. The van der Waals surface area contributed by atoms with Crippen molar-refractivity contribution in [2.24, 2.45) is 0 Å². The van der Waals surface area contributed by atoms with Crippen molar-refractivity contribution in [2.75, 3.05) is 20.2 Å². The van der Waals surface area contributed by atoms with E-state index in [0.29, 0.717) is 6.54 Å². The molecule has 2 aromatic carbocycles. The Hall–Kier alpha value is -3.35. The Morgan fingerprint density at radius 2 is 1.64 bits per heavy atom. The smallest absolute Gasteiger partial charge is 0.407 e. The summed E-state index contributed by atoms with van der Waals surface area (Å²) in [4.78, 5) is 38.1. The number of ether oxygens (including phenoxy) is 1. The van der Waals surface area contributed by atoms with E-state index in [1.807, 2.05) is 36.4 Å². The molecule has 33 heavy (non-hydrogen) atoms. The van der Waals surface area contributed by atoms with Gasteiger partial charge in [-0.2, -0.15) is 0 Å². The molecule has 1 aliphatic rings. The van der Waals surface area contributed by atoms with Gasteiger partial charge in [0.15, 0.2) is 0 Å².